The minimum Gasteiger partial charge on any atom is -0.237 e. The van der Waals surface area contributed by atoms with Gasteiger partial charge in [-0.1, -0.05) is 44.8 Å². The molecule has 0 N–H and O–H groups in total. The van der Waals surface area contributed by atoms with E-state index < -0.39 is 0 Å². The lowest BCUT2D eigenvalue weighted by Gasteiger charge is -2.00. The van der Waals surface area contributed by atoms with Gasteiger partial charge in [0, 0.05) is 0 Å². The van der Waals surface area contributed by atoms with Crippen LogP contribution in [0.25, 0.3) is 0 Å². The molecule has 1 aliphatic rings. The summed E-state index contributed by atoms with van der Waals surface area (Å²) in [5.74, 6) is 0. The fourth-order valence-corrected chi connectivity index (χ4v) is 2.41. The van der Waals surface area contributed by atoms with E-state index in [1.807, 2.05) is 0 Å². The second-order valence-corrected chi connectivity index (χ2v) is 5.13. The van der Waals surface area contributed by atoms with Crippen LogP contribution in [0.15, 0.2) is 43.0 Å². The molecule has 0 amide bonds. The van der Waals surface area contributed by atoms with E-state index in [9.17, 15) is 0 Å². The highest BCUT2D eigenvalue weighted by atomic mass is 15.1. The van der Waals surface area contributed by atoms with Gasteiger partial charge in [-0.3, -0.25) is 0 Å². The van der Waals surface area contributed by atoms with Crippen LogP contribution in [0.2, 0.25) is 0 Å². The number of allylic oxidation sites excluding steroid dienone is 4. The molecule has 2 heteroatoms. The summed E-state index contributed by atoms with van der Waals surface area (Å²) in [4.78, 5) is 0. The molecule has 2 nitrogen and oxygen atoms in total. The average molecular weight is 245 g/mol. The normalized spacial score (nSPS) is 14.7. The van der Waals surface area contributed by atoms with E-state index in [4.69, 9.17) is 0 Å². The number of unbranched alkanes of at least 4 members (excludes halogenated alkanes) is 5. The molecule has 0 saturated heterocycles. The molecule has 0 aromatic carbocycles. The highest BCUT2D eigenvalue weighted by Gasteiger charge is 2.12. The molecule has 1 aliphatic carbocycles. The van der Waals surface area contributed by atoms with Crippen molar-refractivity contribution in [2.24, 2.45) is 0 Å². The summed E-state index contributed by atoms with van der Waals surface area (Å²) in [7, 11) is 0. The smallest absolute Gasteiger partial charge is 0.237 e. The summed E-state index contributed by atoms with van der Waals surface area (Å²) < 4.78 is 4.57. The first-order valence-electron chi connectivity index (χ1n) is 7.31. The second kappa shape index (κ2) is 7.20. The summed E-state index contributed by atoms with van der Waals surface area (Å²) in [6, 6.07) is 0.427. The lowest BCUT2D eigenvalue weighted by atomic mass is 10.1. The van der Waals surface area contributed by atoms with Crippen molar-refractivity contribution in [2.45, 2.75) is 58.0 Å². The Morgan fingerprint density at radius 3 is 2.50 bits per heavy atom. The van der Waals surface area contributed by atoms with Gasteiger partial charge in [0.25, 0.3) is 0 Å². The van der Waals surface area contributed by atoms with E-state index in [2.05, 4.69) is 59.1 Å². The summed E-state index contributed by atoms with van der Waals surface area (Å²) in [5, 5.41) is 0. The fourth-order valence-electron chi connectivity index (χ4n) is 2.41. The summed E-state index contributed by atoms with van der Waals surface area (Å²) in [6.45, 7) is 3.42. The lowest BCUT2D eigenvalue weighted by Crippen LogP contribution is -2.31. The lowest BCUT2D eigenvalue weighted by molar-refractivity contribution is -0.696. The Morgan fingerprint density at radius 1 is 1.00 bits per heavy atom. The van der Waals surface area contributed by atoms with Crippen molar-refractivity contribution < 1.29 is 4.57 Å². The molecule has 98 valence electrons. The molecule has 0 bridgehead atoms. The molecule has 0 spiro atoms. The van der Waals surface area contributed by atoms with E-state index in [1.54, 1.807) is 0 Å². The first-order valence-corrected chi connectivity index (χ1v) is 7.31. The predicted octanol–water partition coefficient (Wildman–Crippen LogP) is 3.80. The van der Waals surface area contributed by atoms with Gasteiger partial charge >= 0.3 is 0 Å². The van der Waals surface area contributed by atoms with Crippen molar-refractivity contribution in [3.63, 3.8) is 0 Å². The van der Waals surface area contributed by atoms with Crippen molar-refractivity contribution in [3.8, 4) is 0 Å². The third kappa shape index (κ3) is 3.86. The van der Waals surface area contributed by atoms with Gasteiger partial charge in [-0.2, -0.15) is 0 Å². The van der Waals surface area contributed by atoms with Crippen molar-refractivity contribution in [3.05, 3.63) is 43.0 Å². The Kier molecular flexibility index (Phi) is 5.25. The maximum Gasteiger partial charge on any atom is 0.244 e. The number of hydrogen-bond donors (Lipinski definition) is 0. The zero-order valence-corrected chi connectivity index (χ0v) is 11.5. The molecule has 2 rings (SSSR count). The van der Waals surface area contributed by atoms with Crippen LogP contribution in [-0.2, 0) is 6.54 Å². The molecule has 0 fully saturated rings. The zero-order valence-electron chi connectivity index (χ0n) is 11.5. The summed E-state index contributed by atoms with van der Waals surface area (Å²) >= 11 is 0. The molecule has 1 heterocycles. The molecule has 0 radical (unpaired) electrons. The molecule has 1 aromatic rings. The van der Waals surface area contributed by atoms with E-state index in [0.717, 1.165) is 6.54 Å². The van der Waals surface area contributed by atoms with Crippen LogP contribution in [0.1, 0.15) is 51.5 Å². The summed E-state index contributed by atoms with van der Waals surface area (Å²) in [5.41, 5.74) is 0. The number of imidazole rings is 1. The Morgan fingerprint density at radius 2 is 1.72 bits per heavy atom. The molecule has 0 unspecified atom stereocenters. The third-order valence-electron chi connectivity index (χ3n) is 3.55. The SMILES string of the molecule is CCCCCCCC[n+]1ccn(C2C=CC=C2)c1. The Hall–Kier alpha value is -1.31. The maximum absolute atomic E-state index is 2.31. The minimum atomic E-state index is 0.427. The minimum absolute atomic E-state index is 0.427. The first kappa shape index (κ1) is 13.1. The summed E-state index contributed by atoms with van der Waals surface area (Å²) in [6.07, 6.45) is 23.4. The molecule has 0 aliphatic heterocycles. The van der Waals surface area contributed by atoms with E-state index in [1.165, 1.54) is 38.5 Å². The van der Waals surface area contributed by atoms with Crippen molar-refractivity contribution >= 4 is 0 Å². The van der Waals surface area contributed by atoms with Gasteiger partial charge in [0.1, 0.15) is 18.4 Å². The standard InChI is InChI=1S/C16H25N2/c1-2-3-4-5-6-9-12-17-13-14-18(15-17)16-10-7-8-11-16/h7-8,10-11,13-16H,2-6,9,12H2,1H3/q+1. The van der Waals surface area contributed by atoms with Gasteiger partial charge in [-0.15, -0.1) is 0 Å². The maximum atomic E-state index is 2.31. The number of nitrogens with zero attached hydrogens (tertiary/aromatic N) is 2. The first-order chi connectivity index (χ1) is 8.90. The highest BCUT2D eigenvalue weighted by Crippen LogP contribution is 2.14. The van der Waals surface area contributed by atoms with Crippen molar-refractivity contribution in [1.29, 1.82) is 0 Å². The van der Waals surface area contributed by atoms with Gasteiger partial charge in [-0.25, -0.2) is 9.13 Å². The van der Waals surface area contributed by atoms with Crippen molar-refractivity contribution in [2.75, 3.05) is 0 Å². The Balaban J connectivity index is 1.67. The van der Waals surface area contributed by atoms with Gasteiger partial charge in [0.2, 0.25) is 6.33 Å². The number of hydrogen-bond acceptors (Lipinski definition) is 0. The molecule has 18 heavy (non-hydrogen) atoms. The van der Waals surface area contributed by atoms with Crippen LogP contribution in [0.4, 0.5) is 0 Å². The number of aryl methyl sites for hydroxylation is 1. The van der Waals surface area contributed by atoms with E-state index in [-0.39, 0.29) is 0 Å². The molecule has 0 atom stereocenters. The molecular formula is C16H25N2+. The van der Waals surface area contributed by atoms with Gasteiger partial charge in [0.05, 0.1) is 6.54 Å². The highest BCUT2D eigenvalue weighted by molar-refractivity contribution is 5.19. The van der Waals surface area contributed by atoms with E-state index >= 15 is 0 Å². The van der Waals surface area contributed by atoms with Crippen LogP contribution in [0, 0.1) is 0 Å². The van der Waals surface area contributed by atoms with Crippen LogP contribution >= 0.6 is 0 Å². The van der Waals surface area contributed by atoms with Crippen molar-refractivity contribution in [1.82, 2.24) is 4.57 Å². The van der Waals surface area contributed by atoms with Gasteiger partial charge in [-0.05, 0) is 25.0 Å². The second-order valence-electron chi connectivity index (χ2n) is 5.13. The third-order valence-corrected chi connectivity index (χ3v) is 3.55. The monoisotopic (exact) mass is 245 g/mol. The number of rotatable bonds is 8. The van der Waals surface area contributed by atoms with E-state index in [0.29, 0.717) is 6.04 Å². The molecule has 0 saturated carbocycles. The topological polar surface area (TPSA) is 8.81 Å². The molecule has 1 aromatic heterocycles. The fraction of sp³-hybridized carbons (Fsp3) is 0.562. The quantitative estimate of drug-likeness (QED) is 0.486. The van der Waals surface area contributed by atoms with Crippen LogP contribution < -0.4 is 4.57 Å². The van der Waals surface area contributed by atoms with Gasteiger partial charge in [0.15, 0.2) is 0 Å². The van der Waals surface area contributed by atoms with Crippen LogP contribution in [-0.4, -0.2) is 4.57 Å². The van der Waals surface area contributed by atoms with Crippen LogP contribution in [0.5, 0.6) is 0 Å². The average Bonchev–Trinajstić information content (AvgIpc) is 3.03. The van der Waals surface area contributed by atoms with Gasteiger partial charge < -0.3 is 0 Å². The largest absolute Gasteiger partial charge is 0.244 e. The number of aromatic nitrogens is 2. The van der Waals surface area contributed by atoms with Crippen LogP contribution in [0.3, 0.4) is 0 Å². The molecular weight excluding hydrogens is 220 g/mol. The zero-order chi connectivity index (χ0) is 12.6. The Labute approximate surface area is 111 Å². The predicted molar refractivity (Wildman–Crippen MR) is 75.3 cm³/mol. The Bertz CT molecular complexity index is 389.